The highest BCUT2D eigenvalue weighted by atomic mass is 15.6. The van der Waals surface area contributed by atoms with Gasteiger partial charge in [0.25, 0.3) is 0 Å². The minimum absolute atomic E-state index is 0.224. The predicted octanol–water partition coefficient (Wildman–Crippen LogP) is 1.70. The zero-order valence-electron chi connectivity index (χ0n) is 10.3. The van der Waals surface area contributed by atoms with E-state index in [1.54, 1.807) is 0 Å². The van der Waals surface area contributed by atoms with Gasteiger partial charge in [0.15, 0.2) is 5.82 Å². The monoisotopic (exact) mass is 223 g/mol. The fraction of sp³-hybridized carbons (Fsp3) is 0.909. The molecule has 0 radical (unpaired) electrons. The van der Waals surface area contributed by atoms with E-state index in [2.05, 4.69) is 41.6 Å². The van der Waals surface area contributed by atoms with Gasteiger partial charge in [-0.3, -0.25) is 0 Å². The van der Waals surface area contributed by atoms with Gasteiger partial charge in [0, 0.05) is 0 Å². The van der Waals surface area contributed by atoms with E-state index in [1.165, 1.54) is 19.3 Å². The van der Waals surface area contributed by atoms with Gasteiger partial charge >= 0.3 is 0 Å². The van der Waals surface area contributed by atoms with Gasteiger partial charge < -0.3 is 5.32 Å². The van der Waals surface area contributed by atoms with Crippen LogP contribution >= 0.6 is 0 Å². The maximum Gasteiger partial charge on any atom is 0.168 e. The number of nitrogens with zero attached hydrogens (tertiary/aromatic N) is 4. The third-order valence-electron chi connectivity index (χ3n) is 3.20. The molecule has 1 saturated carbocycles. The van der Waals surface area contributed by atoms with Crippen molar-refractivity contribution in [2.24, 2.45) is 5.92 Å². The van der Waals surface area contributed by atoms with E-state index in [1.807, 2.05) is 4.68 Å². The van der Waals surface area contributed by atoms with Crippen molar-refractivity contribution in [3.05, 3.63) is 5.82 Å². The first-order chi connectivity index (χ1) is 7.72. The lowest BCUT2D eigenvalue weighted by atomic mass is 10.1. The molecule has 90 valence electrons. The fourth-order valence-electron chi connectivity index (χ4n) is 2.13. The van der Waals surface area contributed by atoms with E-state index in [0.29, 0.717) is 6.04 Å². The molecule has 16 heavy (non-hydrogen) atoms. The number of nitrogens with one attached hydrogen (secondary N) is 1. The molecule has 0 aliphatic heterocycles. The molecule has 1 aliphatic rings. The van der Waals surface area contributed by atoms with Crippen molar-refractivity contribution in [3.63, 3.8) is 0 Å². The van der Waals surface area contributed by atoms with Crippen molar-refractivity contribution in [2.45, 2.75) is 52.1 Å². The number of hydrogen-bond acceptors (Lipinski definition) is 4. The molecule has 0 aromatic carbocycles. The van der Waals surface area contributed by atoms with E-state index in [4.69, 9.17) is 0 Å². The van der Waals surface area contributed by atoms with Crippen molar-refractivity contribution in [1.82, 2.24) is 25.5 Å². The van der Waals surface area contributed by atoms with Gasteiger partial charge in [-0.1, -0.05) is 19.8 Å². The largest absolute Gasteiger partial charge is 0.308 e. The van der Waals surface area contributed by atoms with E-state index >= 15 is 0 Å². The van der Waals surface area contributed by atoms with Crippen LogP contribution in [0.3, 0.4) is 0 Å². The van der Waals surface area contributed by atoms with Crippen LogP contribution in [0.1, 0.15) is 57.9 Å². The summed E-state index contributed by atoms with van der Waals surface area (Å²) in [5.74, 6) is 1.86. The van der Waals surface area contributed by atoms with Crippen LogP contribution in [0.4, 0.5) is 0 Å². The van der Waals surface area contributed by atoms with Crippen molar-refractivity contribution >= 4 is 0 Å². The standard InChI is InChI=1S/C11H21N5/c1-4-12-9(3)11-13-14-15-16(11)8(2)7-10-5-6-10/h8-10,12H,4-7H2,1-3H3. The Morgan fingerprint density at radius 2 is 2.19 bits per heavy atom. The lowest BCUT2D eigenvalue weighted by Gasteiger charge is -2.16. The summed E-state index contributed by atoms with van der Waals surface area (Å²) >= 11 is 0. The topological polar surface area (TPSA) is 55.6 Å². The van der Waals surface area contributed by atoms with Gasteiger partial charge in [-0.25, -0.2) is 4.68 Å². The Morgan fingerprint density at radius 1 is 1.44 bits per heavy atom. The molecule has 2 unspecified atom stereocenters. The molecule has 1 aromatic rings. The molecule has 1 fully saturated rings. The second kappa shape index (κ2) is 4.91. The number of rotatable bonds is 6. The SMILES string of the molecule is CCNC(C)c1nnnn1C(C)CC1CC1. The summed E-state index contributed by atoms with van der Waals surface area (Å²) in [6, 6.07) is 0.639. The molecule has 1 heterocycles. The van der Waals surface area contributed by atoms with Crippen LogP contribution in [-0.2, 0) is 0 Å². The van der Waals surface area contributed by atoms with E-state index in [9.17, 15) is 0 Å². The smallest absolute Gasteiger partial charge is 0.168 e. The Labute approximate surface area is 96.6 Å². The molecular formula is C11H21N5. The van der Waals surface area contributed by atoms with Crippen LogP contribution < -0.4 is 5.32 Å². The third kappa shape index (κ3) is 2.58. The van der Waals surface area contributed by atoms with Crippen LogP contribution in [0.5, 0.6) is 0 Å². The summed E-state index contributed by atoms with van der Waals surface area (Å²) in [6.45, 7) is 7.34. The molecule has 1 N–H and O–H groups in total. The Bertz CT molecular complexity index is 331. The second-order valence-electron chi connectivity index (χ2n) is 4.79. The van der Waals surface area contributed by atoms with Gasteiger partial charge in [0.1, 0.15) is 0 Å². The first kappa shape index (κ1) is 11.5. The second-order valence-corrected chi connectivity index (χ2v) is 4.79. The molecule has 0 spiro atoms. The van der Waals surface area contributed by atoms with Gasteiger partial charge in [-0.05, 0) is 43.2 Å². The lowest BCUT2D eigenvalue weighted by Crippen LogP contribution is -2.23. The molecular weight excluding hydrogens is 202 g/mol. The predicted molar refractivity (Wildman–Crippen MR) is 62.0 cm³/mol. The van der Waals surface area contributed by atoms with Gasteiger partial charge in [0.2, 0.25) is 0 Å². The summed E-state index contributed by atoms with van der Waals surface area (Å²) in [5.41, 5.74) is 0. The molecule has 1 aliphatic carbocycles. The molecule has 0 bridgehead atoms. The number of tetrazole rings is 1. The first-order valence-electron chi connectivity index (χ1n) is 6.23. The fourth-order valence-corrected chi connectivity index (χ4v) is 2.13. The Kier molecular flexibility index (Phi) is 3.53. The zero-order valence-corrected chi connectivity index (χ0v) is 10.3. The van der Waals surface area contributed by atoms with Crippen LogP contribution in [-0.4, -0.2) is 26.8 Å². The Morgan fingerprint density at radius 3 is 2.81 bits per heavy atom. The molecule has 0 amide bonds. The van der Waals surface area contributed by atoms with E-state index < -0.39 is 0 Å². The van der Waals surface area contributed by atoms with E-state index in [-0.39, 0.29) is 6.04 Å². The van der Waals surface area contributed by atoms with Crippen molar-refractivity contribution in [2.75, 3.05) is 6.54 Å². The number of hydrogen-bond donors (Lipinski definition) is 1. The average Bonchev–Trinajstić information content (AvgIpc) is 2.93. The minimum atomic E-state index is 0.224. The number of aromatic nitrogens is 4. The van der Waals surface area contributed by atoms with Crippen LogP contribution in [0.25, 0.3) is 0 Å². The summed E-state index contributed by atoms with van der Waals surface area (Å²) in [6.07, 6.45) is 3.96. The summed E-state index contributed by atoms with van der Waals surface area (Å²) in [7, 11) is 0. The van der Waals surface area contributed by atoms with Crippen LogP contribution in [0.2, 0.25) is 0 Å². The highest BCUT2D eigenvalue weighted by Crippen LogP contribution is 2.36. The quantitative estimate of drug-likeness (QED) is 0.797. The van der Waals surface area contributed by atoms with Crippen molar-refractivity contribution < 1.29 is 0 Å². The summed E-state index contributed by atoms with van der Waals surface area (Å²) in [4.78, 5) is 0. The molecule has 1 aromatic heterocycles. The third-order valence-corrected chi connectivity index (χ3v) is 3.20. The van der Waals surface area contributed by atoms with Crippen LogP contribution in [0, 0.1) is 5.92 Å². The molecule has 0 saturated heterocycles. The van der Waals surface area contributed by atoms with Gasteiger partial charge in [-0.15, -0.1) is 5.10 Å². The van der Waals surface area contributed by atoms with Crippen LogP contribution in [0.15, 0.2) is 0 Å². The summed E-state index contributed by atoms with van der Waals surface area (Å²) < 4.78 is 1.98. The highest BCUT2D eigenvalue weighted by Gasteiger charge is 2.26. The van der Waals surface area contributed by atoms with Crippen molar-refractivity contribution in [1.29, 1.82) is 0 Å². The summed E-state index contributed by atoms with van der Waals surface area (Å²) in [5, 5.41) is 15.4. The molecule has 5 heteroatoms. The van der Waals surface area contributed by atoms with Gasteiger partial charge in [-0.2, -0.15) is 0 Å². The highest BCUT2D eigenvalue weighted by molar-refractivity contribution is 4.92. The van der Waals surface area contributed by atoms with Gasteiger partial charge in [0.05, 0.1) is 12.1 Å². The lowest BCUT2D eigenvalue weighted by molar-refractivity contribution is 0.394. The van der Waals surface area contributed by atoms with E-state index in [0.717, 1.165) is 18.3 Å². The maximum atomic E-state index is 4.12. The maximum absolute atomic E-state index is 4.12. The van der Waals surface area contributed by atoms with Crippen molar-refractivity contribution in [3.8, 4) is 0 Å². The normalized spacial score (nSPS) is 19.7. The Balaban J connectivity index is 2.04. The molecule has 5 nitrogen and oxygen atoms in total. The first-order valence-corrected chi connectivity index (χ1v) is 6.23. The Hall–Kier alpha value is -0.970. The molecule has 2 atom stereocenters. The zero-order chi connectivity index (χ0) is 11.5. The minimum Gasteiger partial charge on any atom is -0.308 e. The molecule has 2 rings (SSSR count). The average molecular weight is 223 g/mol.